The maximum atomic E-state index is 4.51. The Hall–Kier alpha value is -0.990. The lowest BCUT2D eigenvalue weighted by atomic mass is 9.65. The molecule has 0 amide bonds. The third-order valence-corrected chi connectivity index (χ3v) is 3.80. The van der Waals surface area contributed by atoms with Gasteiger partial charge in [0.25, 0.3) is 0 Å². The van der Waals surface area contributed by atoms with Gasteiger partial charge in [0.15, 0.2) is 0 Å². The fourth-order valence-electron chi connectivity index (χ4n) is 1.59. The first-order valence-electron chi connectivity index (χ1n) is 6.16. The Morgan fingerprint density at radius 2 is 1.35 bits per heavy atom. The molecule has 1 aromatic rings. The van der Waals surface area contributed by atoms with Crippen LogP contribution in [0, 0.1) is 5.41 Å². The highest BCUT2D eigenvalue weighted by Gasteiger charge is 2.39. The molecule has 0 aliphatic heterocycles. The highest BCUT2D eigenvalue weighted by atomic mass is 15.1. The zero-order chi connectivity index (χ0) is 13.5. The smallest absolute Gasteiger partial charge is 0.138 e. The number of hydrogen-bond acceptors (Lipinski definition) is 3. The van der Waals surface area contributed by atoms with Crippen LogP contribution < -0.4 is 0 Å². The molecule has 1 aromatic heterocycles. The Balaban J connectivity index is 3.43. The first-order chi connectivity index (χ1) is 7.48. The first kappa shape index (κ1) is 14.1. The van der Waals surface area contributed by atoms with Gasteiger partial charge in [-0.05, 0) is 5.41 Å². The van der Waals surface area contributed by atoms with E-state index in [2.05, 4.69) is 70.6 Å². The third-order valence-electron chi connectivity index (χ3n) is 3.80. The molecule has 0 bridgehead atoms. The van der Waals surface area contributed by atoms with E-state index in [4.69, 9.17) is 0 Å². The van der Waals surface area contributed by atoms with E-state index in [0.29, 0.717) is 0 Å². The van der Waals surface area contributed by atoms with Crippen molar-refractivity contribution in [1.82, 2.24) is 15.2 Å². The average Bonchev–Trinajstić information content (AvgIpc) is 2.14. The van der Waals surface area contributed by atoms with Gasteiger partial charge in [0.05, 0.1) is 11.4 Å². The summed E-state index contributed by atoms with van der Waals surface area (Å²) in [5.74, 6) is 0. The SMILES string of the molecule is CC(C)(C)c1nncnc1C(C)(C)C(C)(C)C. The van der Waals surface area contributed by atoms with E-state index in [1.54, 1.807) is 6.33 Å². The fraction of sp³-hybridized carbons (Fsp3) is 0.786. The van der Waals surface area contributed by atoms with Gasteiger partial charge in [-0.25, -0.2) is 4.98 Å². The number of aromatic nitrogens is 3. The predicted molar refractivity (Wildman–Crippen MR) is 71.0 cm³/mol. The van der Waals surface area contributed by atoms with Crippen LogP contribution in [0.1, 0.15) is 66.8 Å². The summed E-state index contributed by atoms with van der Waals surface area (Å²) in [6, 6.07) is 0. The number of rotatable bonds is 1. The molecule has 0 aliphatic rings. The molecular formula is C14H25N3. The molecule has 0 saturated heterocycles. The summed E-state index contributed by atoms with van der Waals surface area (Å²) in [4.78, 5) is 4.51. The van der Waals surface area contributed by atoms with Crippen molar-refractivity contribution >= 4 is 0 Å². The van der Waals surface area contributed by atoms with Crippen LogP contribution >= 0.6 is 0 Å². The van der Waals surface area contributed by atoms with Gasteiger partial charge in [-0.1, -0.05) is 55.4 Å². The van der Waals surface area contributed by atoms with Gasteiger partial charge in [0.2, 0.25) is 0 Å². The summed E-state index contributed by atoms with van der Waals surface area (Å²) in [6.45, 7) is 17.6. The van der Waals surface area contributed by atoms with Gasteiger partial charge < -0.3 is 0 Å². The molecule has 0 aromatic carbocycles. The lowest BCUT2D eigenvalue weighted by molar-refractivity contribution is 0.214. The molecule has 0 N–H and O–H groups in total. The summed E-state index contributed by atoms with van der Waals surface area (Å²) in [6.07, 6.45) is 1.55. The summed E-state index contributed by atoms with van der Waals surface area (Å²) in [7, 11) is 0. The topological polar surface area (TPSA) is 38.7 Å². The van der Waals surface area contributed by atoms with E-state index < -0.39 is 0 Å². The summed E-state index contributed by atoms with van der Waals surface area (Å²) < 4.78 is 0. The van der Waals surface area contributed by atoms with Crippen LogP contribution in [0.2, 0.25) is 0 Å². The van der Waals surface area contributed by atoms with Crippen molar-refractivity contribution in [2.45, 2.75) is 66.2 Å². The Labute approximate surface area is 105 Å². The van der Waals surface area contributed by atoms with E-state index in [1.807, 2.05) is 0 Å². The normalized spacial score (nSPS) is 13.9. The molecule has 96 valence electrons. The van der Waals surface area contributed by atoms with Gasteiger partial charge >= 0.3 is 0 Å². The zero-order valence-electron chi connectivity index (χ0n) is 12.4. The Kier molecular flexibility index (Phi) is 3.34. The lowest BCUT2D eigenvalue weighted by Gasteiger charge is -2.40. The van der Waals surface area contributed by atoms with Crippen molar-refractivity contribution in [3.05, 3.63) is 17.7 Å². The number of nitrogens with zero attached hydrogens (tertiary/aromatic N) is 3. The molecule has 1 heterocycles. The van der Waals surface area contributed by atoms with E-state index >= 15 is 0 Å². The second-order valence-corrected chi connectivity index (χ2v) is 7.28. The van der Waals surface area contributed by atoms with E-state index in [9.17, 15) is 0 Å². The lowest BCUT2D eigenvalue weighted by Crippen LogP contribution is -2.38. The monoisotopic (exact) mass is 235 g/mol. The minimum atomic E-state index is -0.0362. The summed E-state index contributed by atoms with van der Waals surface area (Å²) in [5, 5.41) is 8.26. The maximum Gasteiger partial charge on any atom is 0.138 e. The van der Waals surface area contributed by atoms with Crippen LogP contribution in [-0.2, 0) is 10.8 Å². The van der Waals surface area contributed by atoms with Gasteiger partial charge in [-0.2, -0.15) is 5.10 Å². The Bertz CT molecular complexity index is 395. The fourth-order valence-corrected chi connectivity index (χ4v) is 1.59. The standard InChI is InChI=1S/C14H25N3/c1-12(2,3)10-11(15-9-16-17-10)14(7,8)13(4,5)6/h9H,1-8H3. The van der Waals surface area contributed by atoms with Crippen molar-refractivity contribution in [2.24, 2.45) is 5.41 Å². The maximum absolute atomic E-state index is 4.51. The molecule has 0 unspecified atom stereocenters. The molecule has 0 spiro atoms. The van der Waals surface area contributed by atoms with Gasteiger partial charge in [0, 0.05) is 10.8 Å². The van der Waals surface area contributed by atoms with Crippen molar-refractivity contribution in [2.75, 3.05) is 0 Å². The van der Waals surface area contributed by atoms with E-state index in [1.165, 1.54) is 0 Å². The van der Waals surface area contributed by atoms with Crippen LogP contribution in [-0.4, -0.2) is 15.2 Å². The molecule has 3 heteroatoms. The van der Waals surface area contributed by atoms with Crippen LogP contribution in [0.3, 0.4) is 0 Å². The van der Waals surface area contributed by atoms with Crippen molar-refractivity contribution < 1.29 is 0 Å². The molecule has 0 aliphatic carbocycles. The van der Waals surface area contributed by atoms with Crippen LogP contribution in [0.5, 0.6) is 0 Å². The van der Waals surface area contributed by atoms with Crippen molar-refractivity contribution in [3.8, 4) is 0 Å². The Morgan fingerprint density at radius 1 is 0.824 bits per heavy atom. The largest absolute Gasteiger partial charge is 0.237 e. The van der Waals surface area contributed by atoms with Crippen LogP contribution in [0.4, 0.5) is 0 Å². The molecule has 1 rings (SSSR count). The molecule has 0 fully saturated rings. The zero-order valence-corrected chi connectivity index (χ0v) is 12.4. The summed E-state index contributed by atoms with van der Waals surface area (Å²) >= 11 is 0. The second-order valence-electron chi connectivity index (χ2n) is 7.28. The Morgan fingerprint density at radius 3 is 1.76 bits per heavy atom. The molecule has 0 radical (unpaired) electrons. The molecule has 17 heavy (non-hydrogen) atoms. The molecule has 0 saturated carbocycles. The van der Waals surface area contributed by atoms with Gasteiger partial charge in [0.1, 0.15) is 6.33 Å². The number of hydrogen-bond donors (Lipinski definition) is 0. The molecule has 3 nitrogen and oxygen atoms in total. The predicted octanol–water partition coefficient (Wildman–Crippen LogP) is 3.49. The van der Waals surface area contributed by atoms with E-state index in [-0.39, 0.29) is 16.2 Å². The van der Waals surface area contributed by atoms with Gasteiger partial charge in [-0.3, -0.25) is 0 Å². The quantitative estimate of drug-likeness (QED) is 0.748. The van der Waals surface area contributed by atoms with Gasteiger partial charge in [-0.15, -0.1) is 5.10 Å². The molecule has 0 atom stereocenters. The first-order valence-corrected chi connectivity index (χ1v) is 6.16. The second kappa shape index (κ2) is 4.04. The van der Waals surface area contributed by atoms with Crippen LogP contribution in [0.15, 0.2) is 6.33 Å². The highest BCUT2D eigenvalue weighted by molar-refractivity contribution is 5.27. The van der Waals surface area contributed by atoms with Crippen LogP contribution in [0.25, 0.3) is 0 Å². The third kappa shape index (κ3) is 2.64. The minimum absolute atomic E-state index is 0.0287. The minimum Gasteiger partial charge on any atom is -0.237 e. The molecular weight excluding hydrogens is 210 g/mol. The van der Waals surface area contributed by atoms with Crippen molar-refractivity contribution in [1.29, 1.82) is 0 Å². The summed E-state index contributed by atoms with van der Waals surface area (Å²) in [5.41, 5.74) is 2.13. The van der Waals surface area contributed by atoms with E-state index in [0.717, 1.165) is 11.4 Å². The van der Waals surface area contributed by atoms with Crippen molar-refractivity contribution in [3.63, 3.8) is 0 Å². The average molecular weight is 235 g/mol. The highest BCUT2D eigenvalue weighted by Crippen LogP contribution is 2.42.